The van der Waals surface area contributed by atoms with Gasteiger partial charge in [0.2, 0.25) is 0 Å². The van der Waals surface area contributed by atoms with Crippen molar-refractivity contribution in [2.24, 2.45) is 0 Å². The Hall–Kier alpha value is -2.02. The minimum absolute atomic E-state index is 0.474. The van der Waals surface area contributed by atoms with Gasteiger partial charge in [-0.2, -0.15) is 0 Å². The maximum atomic E-state index is 4.76. The molecule has 7 heteroatoms. The van der Waals surface area contributed by atoms with Crippen molar-refractivity contribution in [2.45, 2.75) is 65.5 Å². The molecule has 0 saturated carbocycles. The predicted octanol–water partition coefficient (Wildman–Crippen LogP) is 2.79. The standard InChI is InChI=1S/C20H33N7/c1-6-8-17-13-21-15(3)22-19(17)26-11-9-16(10-12-26)20-24-23-18(14-25(4)5)27(20)7-2/h13,16H,6-12,14H2,1-5H3. The molecule has 0 aliphatic carbocycles. The van der Waals surface area contributed by atoms with Crippen LogP contribution in [0.1, 0.15) is 62.1 Å². The Bertz CT molecular complexity index is 745. The van der Waals surface area contributed by atoms with E-state index in [4.69, 9.17) is 4.98 Å². The van der Waals surface area contributed by atoms with Gasteiger partial charge >= 0.3 is 0 Å². The van der Waals surface area contributed by atoms with Gasteiger partial charge in [-0.05, 0) is 47.2 Å². The molecular formula is C20H33N7. The quantitative estimate of drug-likeness (QED) is 0.746. The normalized spacial score (nSPS) is 15.7. The van der Waals surface area contributed by atoms with Crippen LogP contribution in [-0.2, 0) is 19.5 Å². The molecule has 7 nitrogen and oxygen atoms in total. The van der Waals surface area contributed by atoms with E-state index in [9.17, 15) is 0 Å². The molecule has 2 aromatic rings. The van der Waals surface area contributed by atoms with Gasteiger partial charge in [-0.25, -0.2) is 9.97 Å². The zero-order valence-corrected chi connectivity index (χ0v) is 17.4. The molecule has 0 bridgehead atoms. The van der Waals surface area contributed by atoms with Crippen molar-refractivity contribution in [3.63, 3.8) is 0 Å². The summed E-state index contributed by atoms with van der Waals surface area (Å²) in [7, 11) is 4.15. The van der Waals surface area contributed by atoms with Crippen LogP contribution in [0.2, 0.25) is 0 Å². The van der Waals surface area contributed by atoms with Crippen molar-refractivity contribution in [1.29, 1.82) is 0 Å². The van der Waals surface area contributed by atoms with Crippen LogP contribution in [0, 0.1) is 6.92 Å². The van der Waals surface area contributed by atoms with Gasteiger partial charge in [0.1, 0.15) is 23.3 Å². The molecule has 0 atom stereocenters. The van der Waals surface area contributed by atoms with Crippen LogP contribution in [0.15, 0.2) is 6.20 Å². The molecule has 1 saturated heterocycles. The molecule has 1 aliphatic heterocycles. The van der Waals surface area contributed by atoms with E-state index in [1.807, 2.05) is 13.1 Å². The lowest BCUT2D eigenvalue weighted by Gasteiger charge is -2.33. The van der Waals surface area contributed by atoms with Gasteiger partial charge in [-0.15, -0.1) is 10.2 Å². The van der Waals surface area contributed by atoms with Gasteiger partial charge in [-0.1, -0.05) is 13.3 Å². The van der Waals surface area contributed by atoms with Crippen LogP contribution >= 0.6 is 0 Å². The Morgan fingerprint density at radius 3 is 2.52 bits per heavy atom. The second-order valence-electron chi connectivity index (χ2n) is 7.73. The Morgan fingerprint density at radius 1 is 1.15 bits per heavy atom. The maximum Gasteiger partial charge on any atom is 0.147 e. The molecule has 0 aromatic carbocycles. The summed E-state index contributed by atoms with van der Waals surface area (Å²) in [5.41, 5.74) is 1.27. The average molecular weight is 372 g/mol. The number of rotatable bonds is 7. The molecule has 1 fully saturated rings. The summed E-state index contributed by atoms with van der Waals surface area (Å²) in [4.78, 5) is 13.7. The lowest BCUT2D eigenvalue weighted by Crippen LogP contribution is -2.35. The van der Waals surface area contributed by atoms with E-state index in [0.717, 1.165) is 75.2 Å². The van der Waals surface area contributed by atoms with E-state index in [1.54, 1.807) is 0 Å². The van der Waals surface area contributed by atoms with Crippen LogP contribution in [0.4, 0.5) is 5.82 Å². The summed E-state index contributed by atoms with van der Waals surface area (Å²) < 4.78 is 2.30. The van der Waals surface area contributed by atoms with Crippen LogP contribution < -0.4 is 4.90 Å². The fourth-order valence-corrected chi connectivity index (χ4v) is 3.95. The molecule has 148 valence electrons. The first-order valence-corrected chi connectivity index (χ1v) is 10.2. The molecule has 0 amide bonds. The van der Waals surface area contributed by atoms with Gasteiger partial charge in [0.05, 0.1) is 6.54 Å². The van der Waals surface area contributed by atoms with Crippen LogP contribution in [0.25, 0.3) is 0 Å². The predicted molar refractivity (Wildman–Crippen MR) is 108 cm³/mol. The highest BCUT2D eigenvalue weighted by molar-refractivity contribution is 5.46. The van der Waals surface area contributed by atoms with Crippen LogP contribution in [-0.4, -0.2) is 56.8 Å². The number of hydrogen-bond donors (Lipinski definition) is 0. The zero-order chi connectivity index (χ0) is 19.4. The second-order valence-corrected chi connectivity index (χ2v) is 7.73. The first kappa shape index (κ1) is 19.7. The van der Waals surface area contributed by atoms with Crippen molar-refractivity contribution in [2.75, 3.05) is 32.1 Å². The Kier molecular flexibility index (Phi) is 6.42. The summed E-state index contributed by atoms with van der Waals surface area (Å²) in [6.07, 6.45) is 6.34. The molecule has 27 heavy (non-hydrogen) atoms. The van der Waals surface area contributed by atoms with Gasteiger partial charge in [0.15, 0.2) is 0 Å². The molecule has 3 rings (SSSR count). The van der Waals surface area contributed by atoms with E-state index in [-0.39, 0.29) is 0 Å². The number of aryl methyl sites for hydroxylation is 2. The van der Waals surface area contributed by atoms with Gasteiger partial charge < -0.3 is 14.4 Å². The van der Waals surface area contributed by atoms with E-state index < -0.39 is 0 Å². The SMILES string of the molecule is CCCc1cnc(C)nc1N1CCC(c2nnc(CN(C)C)n2CC)CC1. The molecule has 0 spiro atoms. The first-order chi connectivity index (χ1) is 13.0. The lowest BCUT2D eigenvalue weighted by molar-refractivity contribution is 0.377. The number of anilines is 1. The number of hydrogen-bond acceptors (Lipinski definition) is 6. The van der Waals surface area contributed by atoms with Gasteiger partial charge in [-0.3, -0.25) is 0 Å². The summed E-state index contributed by atoms with van der Waals surface area (Å²) in [5, 5.41) is 9.03. The highest BCUT2D eigenvalue weighted by Gasteiger charge is 2.27. The minimum Gasteiger partial charge on any atom is -0.356 e. The largest absolute Gasteiger partial charge is 0.356 e. The Balaban J connectivity index is 1.73. The molecule has 0 unspecified atom stereocenters. The van der Waals surface area contributed by atoms with Crippen LogP contribution in [0.3, 0.4) is 0 Å². The number of nitrogens with zero attached hydrogens (tertiary/aromatic N) is 7. The monoisotopic (exact) mass is 371 g/mol. The zero-order valence-electron chi connectivity index (χ0n) is 17.4. The highest BCUT2D eigenvalue weighted by Crippen LogP contribution is 2.31. The highest BCUT2D eigenvalue weighted by atomic mass is 15.3. The minimum atomic E-state index is 0.474. The summed E-state index contributed by atoms with van der Waals surface area (Å²) in [6.45, 7) is 10.1. The molecule has 0 N–H and O–H groups in total. The Morgan fingerprint density at radius 2 is 1.89 bits per heavy atom. The van der Waals surface area contributed by atoms with Gasteiger partial charge in [0.25, 0.3) is 0 Å². The fourth-order valence-electron chi connectivity index (χ4n) is 3.95. The molecule has 1 aliphatic rings. The molecular weight excluding hydrogens is 338 g/mol. The summed E-state index contributed by atoms with van der Waals surface area (Å²) in [5.74, 6) is 4.68. The average Bonchev–Trinajstić information content (AvgIpc) is 3.05. The summed E-state index contributed by atoms with van der Waals surface area (Å²) >= 11 is 0. The second kappa shape index (κ2) is 8.78. The third-order valence-corrected chi connectivity index (χ3v) is 5.27. The van der Waals surface area contributed by atoms with Crippen molar-refractivity contribution in [1.82, 2.24) is 29.6 Å². The molecule has 0 radical (unpaired) electrons. The number of aromatic nitrogens is 5. The fraction of sp³-hybridized carbons (Fsp3) is 0.700. The third-order valence-electron chi connectivity index (χ3n) is 5.27. The van der Waals surface area contributed by atoms with E-state index in [1.165, 1.54) is 5.56 Å². The maximum absolute atomic E-state index is 4.76. The molecule has 2 aromatic heterocycles. The van der Waals surface area contributed by atoms with Crippen molar-refractivity contribution in [3.05, 3.63) is 29.2 Å². The van der Waals surface area contributed by atoms with Crippen molar-refractivity contribution in [3.8, 4) is 0 Å². The van der Waals surface area contributed by atoms with E-state index >= 15 is 0 Å². The van der Waals surface area contributed by atoms with Gasteiger partial charge in [0, 0.05) is 37.3 Å². The Labute approximate surface area is 162 Å². The summed E-state index contributed by atoms with van der Waals surface area (Å²) in [6, 6.07) is 0. The van der Waals surface area contributed by atoms with Crippen LogP contribution in [0.5, 0.6) is 0 Å². The van der Waals surface area contributed by atoms with Crippen molar-refractivity contribution < 1.29 is 0 Å². The molecule has 3 heterocycles. The van der Waals surface area contributed by atoms with E-state index in [2.05, 4.69) is 57.5 Å². The number of piperidine rings is 1. The third kappa shape index (κ3) is 4.46. The first-order valence-electron chi connectivity index (χ1n) is 10.2. The van der Waals surface area contributed by atoms with Crippen molar-refractivity contribution >= 4 is 5.82 Å². The lowest BCUT2D eigenvalue weighted by atomic mass is 9.95. The topological polar surface area (TPSA) is 63.0 Å². The van der Waals surface area contributed by atoms with E-state index in [0.29, 0.717) is 5.92 Å². The smallest absolute Gasteiger partial charge is 0.147 e.